The van der Waals surface area contributed by atoms with Crippen molar-refractivity contribution in [3.63, 3.8) is 0 Å². The lowest BCUT2D eigenvalue weighted by Crippen LogP contribution is -2.01. The molecule has 92 valence electrons. The summed E-state index contributed by atoms with van der Waals surface area (Å²) < 4.78 is 12.8. The summed E-state index contributed by atoms with van der Waals surface area (Å²) in [4.78, 5) is 18.6. The minimum Gasteiger partial charge on any atom is -0.506 e. The van der Waals surface area contributed by atoms with Gasteiger partial charge in [-0.05, 0) is 19.1 Å². The van der Waals surface area contributed by atoms with Gasteiger partial charge in [0.05, 0.1) is 23.1 Å². The van der Waals surface area contributed by atoms with Gasteiger partial charge in [-0.2, -0.15) is 0 Å². The third-order valence-electron chi connectivity index (χ3n) is 2.45. The molecule has 5 nitrogen and oxygen atoms in total. The summed E-state index contributed by atoms with van der Waals surface area (Å²) >= 11 is 0. The highest BCUT2D eigenvalue weighted by Crippen LogP contribution is 2.32. The molecule has 0 radical (unpaired) electrons. The van der Waals surface area contributed by atoms with Crippen LogP contribution in [0.2, 0.25) is 0 Å². The number of aromatic carboxylic acids is 1. The summed E-state index contributed by atoms with van der Waals surface area (Å²) in [7, 11) is 0. The summed E-state index contributed by atoms with van der Waals surface area (Å²) in [5.74, 6) is -2.23. The van der Waals surface area contributed by atoms with E-state index in [2.05, 4.69) is 9.97 Å². The van der Waals surface area contributed by atoms with Crippen molar-refractivity contribution >= 4 is 5.97 Å². The monoisotopic (exact) mass is 248 g/mol. The van der Waals surface area contributed by atoms with Gasteiger partial charge in [0.2, 0.25) is 0 Å². The van der Waals surface area contributed by atoms with Crippen molar-refractivity contribution in [3.8, 4) is 17.0 Å². The summed E-state index contributed by atoms with van der Waals surface area (Å²) in [6.45, 7) is 1.60. The van der Waals surface area contributed by atoms with Crippen LogP contribution in [0.1, 0.15) is 16.1 Å². The maximum Gasteiger partial charge on any atom is 0.341 e. The third kappa shape index (κ3) is 2.00. The fourth-order valence-corrected chi connectivity index (χ4v) is 1.58. The maximum absolute atomic E-state index is 12.8. The largest absolute Gasteiger partial charge is 0.506 e. The van der Waals surface area contributed by atoms with Crippen molar-refractivity contribution in [1.82, 2.24) is 9.97 Å². The number of aryl methyl sites for hydroxylation is 1. The van der Waals surface area contributed by atoms with Crippen LogP contribution >= 0.6 is 0 Å². The van der Waals surface area contributed by atoms with Gasteiger partial charge >= 0.3 is 5.97 Å². The number of rotatable bonds is 2. The Morgan fingerprint density at radius 1 is 1.28 bits per heavy atom. The number of carboxylic acids is 1. The molecule has 2 N–H and O–H groups in total. The molecule has 0 atom stereocenters. The average Bonchev–Trinajstić information content (AvgIpc) is 2.31. The van der Waals surface area contributed by atoms with E-state index in [9.17, 15) is 14.3 Å². The second-order valence-electron chi connectivity index (χ2n) is 3.65. The summed E-state index contributed by atoms with van der Waals surface area (Å²) in [5.41, 5.74) is 0.551. The van der Waals surface area contributed by atoms with Crippen LogP contribution in [-0.2, 0) is 0 Å². The zero-order chi connectivity index (χ0) is 13.3. The fraction of sp³-hybridized carbons (Fsp3) is 0.0833. The van der Waals surface area contributed by atoms with Gasteiger partial charge in [0.25, 0.3) is 0 Å². The van der Waals surface area contributed by atoms with Gasteiger partial charge in [-0.15, -0.1) is 0 Å². The number of hydrogen-bond donors (Lipinski definition) is 2. The molecule has 0 spiro atoms. The Morgan fingerprint density at radius 2 is 2.00 bits per heavy atom. The Hall–Kier alpha value is -2.50. The number of nitrogens with zero attached hydrogens (tertiary/aromatic N) is 2. The first-order valence-electron chi connectivity index (χ1n) is 5.04. The van der Waals surface area contributed by atoms with E-state index < -0.39 is 17.5 Å². The molecular formula is C12H9FN2O3. The molecule has 6 heteroatoms. The lowest BCUT2D eigenvalue weighted by atomic mass is 10.1. The number of carboxylic acid groups (broad SMARTS) is 1. The summed E-state index contributed by atoms with van der Waals surface area (Å²) in [6, 6.07) is 2.53. The molecule has 0 amide bonds. The van der Waals surface area contributed by atoms with E-state index in [1.165, 1.54) is 12.1 Å². The SMILES string of the molecule is Cc1ncc(C(=O)O)c(O)c1-c1ccc(F)cn1. The number of pyridine rings is 2. The Bertz CT molecular complexity index is 611. The van der Waals surface area contributed by atoms with E-state index in [1.807, 2.05) is 0 Å². The minimum atomic E-state index is -1.29. The maximum atomic E-state index is 12.8. The molecule has 18 heavy (non-hydrogen) atoms. The van der Waals surface area contributed by atoms with Crippen LogP contribution in [0.25, 0.3) is 11.3 Å². The quantitative estimate of drug-likeness (QED) is 0.849. The molecule has 2 aromatic rings. The number of aromatic nitrogens is 2. The van der Waals surface area contributed by atoms with Crippen LogP contribution in [0.5, 0.6) is 5.75 Å². The zero-order valence-electron chi connectivity index (χ0n) is 9.38. The van der Waals surface area contributed by atoms with Crippen LogP contribution in [0, 0.1) is 12.7 Å². The standard InChI is InChI=1S/C12H9FN2O3/c1-6-10(9-3-2-7(13)4-15-9)11(16)8(5-14-6)12(17)18/h2-5H,1H3,(H,14,16)(H,17,18). The van der Waals surface area contributed by atoms with Crippen molar-refractivity contribution in [2.24, 2.45) is 0 Å². The van der Waals surface area contributed by atoms with Gasteiger partial charge in [-0.3, -0.25) is 9.97 Å². The second-order valence-corrected chi connectivity index (χ2v) is 3.65. The van der Waals surface area contributed by atoms with Crippen molar-refractivity contribution in [2.45, 2.75) is 6.92 Å². The number of halogens is 1. The van der Waals surface area contributed by atoms with E-state index in [4.69, 9.17) is 5.11 Å². The fourth-order valence-electron chi connectivity index (χ4n) is 1.58. The molecule has 0 aromatic carbocycles. The van der Waals surface area contributed by atoms with E-state index >= 15 is 0 Å². The molecule has 0 bridgehead atoms. The molecule has 2 aromatic heterocycles. The first-order chi connectivity index (χ1) is 8.50. The van der Waals surface area contributed by atoms with Crippen LogP contribution in [0.15, 0.2) is 24.5 Å². The molecule has 2 rings (SSSR count). The predicted molar refractivity (Wildman–Crippen MR) is 60.8 cm³/mol. The highest BCUT2D eigenvalue weighted by atomic mass is 19.1. The van der Waals surface area contributed by atoms with Crippen LogP contribution < -0.4 is 0 Å². The molecule has 0 unspecified atom stereocenters. The zero-order valence-corrected chi connectivity index (χ0v) is 9.38. The molecule has 2 heterocycles. The average molecular weight is 248 g/mol. The lowest BCUT2D eigenvalue weighted by molar-refractivity contribution is 0.0693. The molecule has 0 aliphatic rings. The third-order valence-corrected chi connectivity index (χ3v) is 2.45. The Balaban J connectivity index is 2.66. The number of carbonyl (C=O) groups is 1. The normalized spacial score (nSPS) is 10.3. The molecule has 0 saturated carbocycles. The van der Waals surface area contributed by atoms with Gasteiger partial charge < -0.3 is 10.2 Å². The van der Waals surface area contributed by atoms with Gasteiger partial charge in [-0.25, -0.2) is 9.18 Å². The molecule has 0 aliphatic heterocycles. The van der Waals surface area contributed by atoms with E-state index in [-0.39, 0.29) is 16.8 Å². The summed E-state index contributed by atoms with van der Waals surface area (Å²) in [6.07, 6.45) is 2.06. The van der Waals surface area contributed by atoms with Crippen LogP contribution in [-0.4, -0.2) is 26.2 Å². The molecule has 0 aliphatic carbocycles. The van der Waals surface area contributed by atoms with Gasteiger partial charge in [0.15, 0.2) is 0 Å². The van der Waals surface area contributed by atoms with E-state index in [0.717, 1.165) is 12.4 Å². The molecule has 0 fully saturated rings. The number of hydrogen-bond acceptors (Lipinski definition) is 4. The highest BCUT2D eigenvalue weighted by Gasteiger charge is 2.18. The topological polar surface area (TPSA) is 83.3 Å². The molecule has 0 saturated heterocycles. The second kappa shape index (κ2) is 4.40. The first kappa shape index (κ1) is 12.0. The smallest absolute Gasteiger partial charge is 0.341 e. The van der Waals surface area contributed by atoms with Crippen molar-refractivity contribution in [3.05, 3.63) is 41.6 Å². The molecular weight excluding hydrogens is 239 g/mol. The predicted octanol–water partition coefficient (Wildman–Crippen LogP) is 1.99. The van der Waals surface area contributed by atoms with Crippen molar-refractivity contribution in [2.75, 3.05) is 0 Å². The van der Waals surface area contributed by atoms with Gasteiger partial charge in [0, 0.05) is 6.20 Å². The Morgan fingerprint density at radius 3 is 2.56 bits per heavy atom. The number of aromatic hydroxyl groups is 1. The van der Waals surface area contributed by atoms with Gasteiger partial charge in [-0.1, -0.05) is 0 Å². The Kier molecular flexibility index (Phi) is 2.93. The van der Waals surface area contributed by atoms with Crippen LogP contribution in [0.4, 0.5) is 4.39 Å². The van der Waals surface area contributed by atoms with Crippen molar-refractivity contribution < 1.29 is 19.4 Å². The van der Waals surface area contributed by atoms with E-state index in [1.54, 1.807) is 6.92 Å². The van der Waals surface area contributed by atoms with Crippen LogP contribution in [0.3, 0.4) is 0 Å². The minimum absolute atomic E-state index is 0.190. The lowest BCUT2D eigenvalue weighted by Gasteiger charge is -2.09. The van der Waals surface area contributed by atoms with E-state index in [0.29, 0.717) is 5.69 Å². The summed E-state index contributed by atoms with van der Waals surface area (Å²) in [5, 5.41) is 18.8. The van der Waals surface area contributed by atoms with Crippen molar-refractivity contribution in [1.29, 1.82) is 0 Å². The Labute approximate surface area is 102 Å². The first-order valence-corrected chi connectivity index (χ1v) is 5.04. The van der Waals surface area contributed by atoms with Gasteiger partial charge in [0.1, 0.15) is 17.1 Å². The highest BCUT2D eigenvalue weighted by molar-refractivity contribution is 5.93.